The van der Waals surface area contributed by atoms with Crippen LogP contribution in [0.25, 0.3) is 10.9 Å². The van der Waals surface area contributed by atoms with E-state index in [1.54, 1.807) is 49.3 Å². The lowest BCUT2D eigenvalue weighted by Crippen LogP contribution is -2.47. The zero-order valence-electron chi connectivity index (χ0n) is 47.3. The van der Waals surface area contributed by atoms with Crippen LogP contribution in [0.5, 0.6) is 11.5 Å². The molecule has 0 spiro atoms. The van der Waals surface area contributed by atoms with Gasteiger partial charge in [0.05, 0.1) is 62.9 Å². The number of halogens is 2. The summed E-state index contributed by atoms with van der Waals surface area (Å²) >= 11 is 6.95. The maximum Gasteiger partial charge on any atom is 0.341 e. The second kappa shape index (κ2) is 23.4. The number of benzene rings is 2. The number of nitrogens with one attached hydrogen (secondary N) is 2. The molecule has 10 atom stereocenters. The van der Waals surface area contributed by atoms with Gasteiger partial charge in [-0.15, -0.1) is 0 Å². The van der Waals surface area contributed by atoms with Crippen LogP contribution in [0.3, 0.4) is 0 Å². The number of phenolic OH excluding ortho intramolecular Hbond substituents is 1. The summed E-state index contributed by atoms with van der Waals surface area (Å²) in [5.41, 5.74) is -2.55. The number of aromatic nitrogens is 1. The van der Waals surface area contributed by atoms with Crippen molar-refractivity contribution in [3.63, 3.8) is 0 Å². The number of phenols is 1. The molecule has 1 saturated carbocycles. The summed E-state index contributed by atoms with van der Waals surface area (Å²) in [5.74, 6) is -11.7. The number of aromatic carboxylic acids is 1. The Bertz CT molecular complexity index is 3340. The molecule has 7 aliphatic rings. The molecule has 3 fully saturated rings. The Labute approximate surface area is 478 Å². The molecule has 6 heterocycles. The number of pyridine rings is 1. The van der Waals surface area contributed by atoms with E-state index in [9.17, 15) is 44.4 Å². The van der Waals surface area contributed by atoms with E-state index in [1.165, 1.54) is 59.4 Å². The Morgan fingerprint density at radius 2 is 1.60 bits per heavy atom. The van der Waals surface area contributed by atoms with Crippen LogP contribution in [0.1, 0.15) is 134 Å². The van der Waals surface area contributed by atoms with E-state index >= 15 is 14.0 Å². The van der Waals surface area contributed by atoms with Crippen molar-refractivity contribution in [3.8, 4) is 11.5 Å². The zero-order valence-corrected chi connectivity index (χ0v) is 48.1. The maximum atomic E-state index is 16.0. The Morgan fingerprint density at radius 1 is 0.915 bits per heavy atom. The van der Waals surface area contributed by atoms with Crippen molar-refractivity contribution in [2.45, 2.75) is 130 Å². The van der Waals surface area contributed by atoms with Crippen LogP contribution < -0.4 is 25.7 Å². The number of carbonyl (C=O) groups excluding carboxylic acids is 5. The molecule has 1 amide bonds. The van der Waals surface area contributed by atoms with E-state index in [2.05, 4.69) is 10.6 Å². The monoisotopic (exact) mass is 1160 g/mol. The number of fused-ring (bicyclic) bond motifs is 15. The number of hydrogen-bond donors (Lipinski definition) is 6. The van der Waals surface area contributed by atoms with Gasteiger partial charge in [0.2, 0.25) is 17.0 Å². The number of hydrogen-bond acceptors (Lipinski definition) is 17. The third-order valence-corrected chi connectivity index (χ3v) is 17.8. The molecule has 440 valence electrons. The second-order valence-electron chi connectivity index (χ2n) is 23.0. The summed E-state index contributed by atoms with van der Waals surface area (Å²) in [6.45, 7) is 14.1. The largest absolute Gasteiger partial charge is 0.507 e. The molecule has 1 aromatic heterocycles. The van der Waals surface area contributed by atoms with Crippen LogP contribution in [-0.4, -0.2) is 141 Å². The second-order valence-corrected chi connectivity index (χ2v) is 23.4. The molecule has 82 heavy (non-hydrogen) atoms. The number of aliphatic hydroxyl groups is 2. The van der Waals surface area contributed by atoms with Gasteiger partial charge in [0.25, 0.3) is 11.7 Å². The quantitative estimate of drug-likeness (QED) is 0.122. The molecule has 0 radical (unpaired) electrons. The topological polar surface area (TPSA) is 273 Å². The van der Waals surface area contributed by atoms with Gasteiger partial charge in [-0.25, -0.2) is 9.18 Å². The predicted molar refractivity (Wildman–Crippen MR) is 300 cm³/mol. The highest BCUT2D eigenvalue weighted by atomic mass is 35.5. The molecular weight excluding hydrogens is 1090 g/mol. The van der Waals surface area contributed by atoms with Crippen molar-refractivity contribution in [1.29, 1.82) is 0 Å². The Balaban J connectivity index is 0.989. The number of methoxy groups -OCH3 is 1. The van der Waals surface area contributed by atoms with Gasteiger partial charge in [-0.2, -0.15) is 0 Å². The first kappa shape index (κ1) is 59.7. The number of anilines is 1. The number of rotatable bonds is 9. The molecule has 3 aromatic rings. The van der Waals surface area contributed by atoms with Crippen LogP contribution >= 0.6 is 11.6 Å². The molecule has 10 rings (SSSR count). The van der Waals surface area contributed by atoms with Crippen LogP contribution in [0.15, 0.2) is 64.6 Å². The van der Waals surface area contributed by atoms with E-state index in [4.69, 9.17) is 30.5 Å². The number of Topliss-reactive ketones (excluding diaryl/α,β-unsaturated/α-hetero) is 3. The van der Waals surface area contributed by atoms with Crippen molar-refractivity contribution >= 4 is 63.4 Å². The van der Waals surface area contributed by atoms with E-state index in [-0.39, 0.29) is 75.3 Å². The first-order valence-corrected chi connectivity index (χ1v) is 28.2. The number of aromatic hydroxyl groups is 1. The Morgan fingerprint density at radius 3 is 2.24 bits per heavy atom. The lowest BCUT2D eigenvalue weighted by Gasteiger charge is -2.38. The molecule has 1 unspecified atom stereocenters. The number of amides is 1. The number of likely N-dealkylation sites (tertiary alicyclic amines) is 1. The highest BCUT2D eigenvalue weighted by molar-refractivity contribution is 6.38. The molecule has 20 nitrogen and oxygen atoms in total. The van der Waals surface area contributed by atoms with Crippen molar-refractivity contribution < 1.29 is 72.5 Å². The minimum atomic E-state index is -2.15. The number of allylic oxidation sites excluding steroid dienone is 4. The fourth-order valence-corrected chi connectivity index (χ4v) is 12.7. The summed E-state index contributed by atoms with van der Waals surface area (Å²) in [4.78, 5) is 100. The number of aliphatic hydroxyl groups excluding tert-OH is 2. The standard InChI is InChI=1S/C60H71ClFN5O15/c1-27-11-10-12-28(2)58(76)64-45-48(65-20-16-35(17-21-65)63-24-34-15-19-66(25-34)47-39(62)23-37-46(44(47)61)67(36-13-14-36)26-38(52(37)72)59(77)78)54(74)41-42(53(45)73)51(71)32(6)56-43(41)57(75)60(8,82-56)80-22-18-40(79-9)29(3)55(81-33(7)68)31(5)50(70)30(4)49(27)69/h10-12,18,22-23,26-27,29-31,34-36,40,49-50,55,63,69-71H,13-17,19-21,24-25H2,1-9H3,(H,64,76)(H,77,78)/b11-10+,22-18+,28-12-/t27-,29+,30+,31+,34?,40-,49-,50+,55+,60-/m0/s1. The SMILES string of the molecule is CO[C@H]1/C=C/O[C@@]2(C)Oc3c(C)c(O)c4c(c3C2=O)C(=O)C(N2CCC(NCC3CCN(c5c(F)cc6c(=O)c(C(=O)O)cn(C7CC7)c6c5Cl)C3)CC2)=C(NC(=O)/C(C)=C\C=C\[C@H](C)[C@H](O)[C@@H](C)[C@@H](O)[C@@H](C)[C@H](OC(C)=O)[C@@H]1C)C4=O. The van der Waals surface area contributed by atoms with Gasteiger partial charge in [0, 0.05) is 100 Å². The van der Waals surface area contributed by atoms with Crippen LogP contribution in [-0.2, 0) is 23.8 Å². The maximum absolute atomic E-state index is 16.0. The number of piperidine rings is 1. The van der Waals surface area contributed by atoms with Crippen LogP contribution in [0, 0.1) is 42.3 Å². The number of nitrogens with zero attached hydrogens (tertiary/aromatic N) is 3. The molecule has 2 saturated heterocycles. The summed E-state index contributed by atoms with van der Waals surface area (Å²) < 4.78 is 41.5. The highest BCUT2D eigenvalue weighted by Gasteiger charge is 2.53. The van der Waals surface area contributed by atoms with Gasteiger partial charge in [-0.1, -0.05) is 57.5 Å². The molecule has 5 bridgehead atoms. The zero-order chi connectivity index (χ0) is 59.5. The number of esters is 1. The molecular formula is C60H71ClFN5O15. The fraction of sp³-hybridized carbons (Fsp3) is 0.517. The summed E-state index contributed by atoms with van der Waals surface area (Å²) in [6, 6.07) is 0.935. The van der Waals surface area contributed by atoms with E-state index in [0.29, 0.717) is 44.4 Å². The lowest BCUT2D eigenvalue weighted by atomic mass is 9.78. The van der Waals surface area contributed by atoms with Crippen molar-refractivity contribution in [1.82, 2.24) is 20.1 Å². The summed E-state index contributed by atoms with van der Waals surface area (Å²) in [7, 11) is 1.41. The average Bonchev–Trinajstić information content (AvgIpc) is 1.70. The first-order valence-electron chi connectivity index (χ1n) is 27.9. The van der Waals surface area contributed by atoms with Gasteiger partial charge in [0.1, 0.15) is 40.4 Å². The molecule has 22 heteroatoms. The molecule has 5 aliphatic heterocycles. The summed E-state index contributed by atoms with van der Waals surface area (Å²) in [5, 5.41) is 51.0. The minimum absolute atomic E-state index is 0.0375. The Kier molecular flexibility index (Phi) is 17.0. The fourth-order valence-electron chi connectivity index (χ4n) is 12.3. The normalized spacial score (nSPS) is 30.0. The summed E-state index contributed by atoms with van der Waals surface area (Å²) in [6.07, 6.45) is 7.62. The Hall–Kier alpha value is -6.91. The van der Waals surface area contributed by atoms with Gasteiger partial charge in [-0.3, -0.25) is 28.8 Å². The third kappa shape index (κ3) is 11.0. The van der Waals surface area contributed by atoms with Gasteiger partial charge in [0.15, 0.2) is 0 Å². The lowest BCUT2D eigenvalue weighted by molar-refractivity contribution is -0.160. The van der Waals surface area contributed by atoms with E-state index in [0.717, 1.165) is 18.9 Å². The van der Waals surface area contributed by atoms with Gasteiger partial charge >= 0.3 is 17.7 Å². The molecule has 2 aliphatic carbocycles. The highest BCUT2D eigenvalue weighted by Crippen LogP contribution is 2.50. The van der Waals surface area contributed by atoms with Crippen molar-refractivity contribution in [2.75, 3.05) is 44.7 Å². The molecule has 2 aromatic carbocycles. The van der Waals surface area contributed by atoms with E-state index < -0.39 is 128 Å². The number of ether oxygens (including phenoxy) is 4. The first-order chi connectivity index (χ1) is 38.8. The average molecular weight is 1160 g/mol. The van der Waals surface area contributed by atoms with Gasteiger partial charge < -0.3 is 64.4 Å². The smallest absolute Gasteiger partial charge is 0.341 e. The minimum Gasteiger partial charge on any atom is -0.507 e. The number of carboxylic acids is 1. The van der Waals surface area contributed by atoms with Crippen molar-refractivity contribution in [3.05, 3.63) is 109 Å². The van der Waals surface area contributed by atoms with E-state index in [1.807, 2.05) is 4.90 Å². The predicted octanol–water partition coefficient (Wildman–Crippen LogP) is 6.68. The van der Waals surface area contributed by atoms with Gasteiger partial charge in [-0.05, 0) is 70.6 Å². The number of carboxylic acid groups (broad SMARTS) is 1. The third-order valence-electron chi connectivity index (χ3n) is 17.4. The van der Waals surface area contributed by atoms with Crippen LogP contribution in [0.4, 0.5) is 10.1 Å². The van der Waals surface area contributed by atoms with Crippen LogP contribution in [0.2, 0.25) is 5.02 Å². The van der Waals surface area contributed by atoms with Crippen molar-refractivity contribution in [2.24, 2.45) is 29.6 Å². The number of carbonyl (C=O) groups is 6. The molecule has 6 N–H and O–H groups in total. The number of ketones is 3.